The maximum Gasteiger partial charge on any atom is 0.573 e. The van der Waals surface area contributed by atoms with Gasteiger partial charge in [-0.05, 0) is 148 Å². The quantitative estimate of drug-likeness (QED) is 0.135. The third-order valence-corrected chi connectivity index (χ3v) is 20.2. The number of nitrogens with one attached hydrogen (secondary N) is 2. The molecule has 5 fully saturated rings. The van der Waals surface area contributed by atoms with Crippen molar-refractivity contribution in [2.75, 3.05) is 13.1 Å². The molecular weight excluding hydrogens is 1340 g/mol. The van der Waals surface area contributed by atoms with E-state index in [1.807, 2.05) is 74.9 Å². The zero-order valence-corrected chi connectivity index (χ0v) is 58.4. The van der Waals surface area contributed by atoms with Gasteiger partial charge in [0.15, 0.2) is 0 Å². The molecule has 4 aliphatic heterocycles. The largest absolute Gasteiger partial charge is 0.573 e. The molecular formula is C68H86F6N8O12V2-2. The summed E-state index contributed by atoms with van der Waals surface area (Å²) in [6.45, 7) is 16.7. The fraction of sp³-hybridized carbons (Fsp3) is 0.676. The summed E-state index contributed by atoms with van der Waals surface area (Å²) in [5.74, 6) is -0.848. The van der Waals surface area contributed by atoms with E-state index in [2.05, 4.69) is 30.1 Å². The van der Waals surface area contributed by atoms with Gasteiger partial charge in [0, 0.05) is 49.2 Å². The Morgan fingerprint density at radius 3 is 1.48 bits per heavy atom. The average Bonchev–Trinajstić information content (AvgIpc) is 1.60. The topological polar surface area (TPSA) is 240 Å². The number of hydrogen-bond acceptors (Lipinski definition) is 16. The number of aromatic nitrogens is 4. The van der Waals surface area contributed by atoms with Gasteiger partial charge in [0.05, 0.1) is 35.2 Å². The molecule has 0 spiro atoms. The smallest absolute Gasteiger partial charge is 0.540 e. The number of nitrogens with zero attached hydrogens (tertiary/aromatic N) is 6. The summed E-state index contributed by atoms with van der Waals surface area (Å²) in [5.41, 5.74) is 0.0960. The van der Waals surface area contributed by atoms with E-state index in [1.165, 1.54) is 34.1 Å². The van der Waals surface area contributed by atoms with Crippen LogP contribution in [0.15, 0.2) is 36.4 Å². The summed E-state index contributed by atoms with van der Waals surface area (Å²) < 4.78 is 111. The molecule has 96 heavy (non-hydrogen) atoms. The normalized spacial score (nSPS) is 30.0. The van der Waals surface area contributed by atoms with Gasteiger partial charge in [-0.3, -0.25) is 9.59 Å². The molecule has 2 aromatic carbocycles. The monoisotopic (exact) mass is 1420 g/mol. The molecule has 3 saturated carbocycles. The van der Waals surface area contributed by atoms with E-state index in [1.54, 1.807) is 0 Å². The molecule has 2 saturated heterocycles. The van der Waals surface area contributed by atoms with Gasteiger partial charge >= 0.3 is 24.9 Å². The molecule has 4 amide bonds. The number of alkyl carbamates (subject to hydrolysis) is 2. The Kier molecular flexibility index (Phi) is 24.1. The van der Waals surface area contributed by atoms with Crippen LogP contribution in [0.1, 0.15) is 170 Å². The van der Waals surface area contributed by atoms with E-state index >= 15 is 0 Å². The zero-order valence-electron chi connectivity index (χ0n) is 55.6. The minimum absolute atomic E-state index is 0. The second-order valence-corrected chi connectivity index (χ2v) is 28.8. The average molecular weight is 1420 g/mol. The minimum atomic E-state index is -4.87. The summed E-state index contributed by atoms with van der Waals surface area (Å²) in [6.07, 6.45) is 4.85. The number of alkyl halides is 6. The molecule has 2 radical (unpaired) electrons. The van der Waals surface area contributed by atoms with Gasteiger partial charge in [-0.25, -0.2) is 42.1 Å². The van der Waals surface area contributed by atoms with E-state index < -0.39 is 113 Å². The third-order valence-electron chi connectivity index (χ3n) is 20.2. The summed E-state index contributed by atoms with van der Waals surface area (Å²) in [6, 6.07) is 3.69. The van der Waals surface area contributed by atoms with Crippen LogP contribution in [0.2, 0.25) is 0 Å². The number of rotatable bonds is 6. The van der Waals surface area contributed by atoms with Crippen molar-refractivity contribution in [1.82, 2.24) is 40.4 Å². The number of benzene rings is 2. The number of carbonyl (C=O) groups is 4. The summed E-state index contributed by atoms with van der Waals surface area (Å²) in [4.78, 5) is 101. The number of carbonyl (C=O) groups excluding carboxylic acids is 6. The molecule has 2 aromatic heterocycles. The van der Waals surface area contributed by atoms with Crippen LogP contribution in [0.25, 0.3) is 22.1 Å². The first-order chi connectivity index (χ1) is 44.4. The number of ether oxygens (including phenoxy) is 6. The molecule has 524 valence electrons. The fourth-order valence-electron chi connectivity index (χ4n) is 15.2. The third kappa shape index (κ3) is 17.7. The first-order valence-electron chi connectivity index (χ1n) is 33.2. The molecule has 28 heteroatoms. The molecule has 4 aromatic rings. The van der Waals surface area contributed by atoms with Crippen molar-refractivity contribution >= 4 is 58.6 Å². The van der Waals surface area contributed by atoms with E-state index in [9.17, 15) is 55.1 Å². The molecule has 11 rings (SSSR count). The number of aryl methyl sites for hydroxylation is 2. The predicted molar refractivity (Wildman–Crippen MR) is 331 cm³/mol. The number of halogens is 6. The number of fused-ring (bicyclic) bond motifs is 12. The molecule has 2 N–H and O–H groups in total. The van der Waals surface area contributed by atoms with Crippen molar-refractivity contribution in [3.8, 4) is 23.3 Å². The maximum absolute atomic E-state index is 14.2. The second kappa shape index (κ2) is 30.6. The second-order valence-electron chi connectivity index (χ2n) is 28.8. The molecule has 14 atom stereocenters. The molecule has 20 nitrogen and oxygen atoms in total. The molecule has 4 bridgehead atoms. The van der Waals surface area contributed by atoms with Crippen LogP contribution in [0.5, 0.6) is 23.3 Å². The van der Waals surface area contributed by atoms with Crippen LogP contribution in [0.3, 0.4) is 0 Å². The maximum atomic E-state index is 14.2. The number of hydrogen-bond donors (Lipinski definition) is 2. The Morgan fingerprint density at radius 2 is 1.03 bits per heavy atom. The minimum Gasteiger partial charge on any atom is -0.540 e. The molecule has 6 heterocycles. The molecule has 7 aliphatic rings. The first kappa shape index (κ1) is 75.7. The van der Waals surface area contributed by atoms with Crippen molar-refractivity contribution in [2.45, 2.75) is 232 Å². The van der Waals surface area contributed by atoms with E-state index in [0.717, 1.165) is 95.6 Å². The van der Waals surface area contributed by atoms with Crippen LogP contribution < -0.4 is 29.6 Å². The van der Waals surface area contributed by atoms with Gasteiger partial charge in [0.1, 0.15) is 58.9 Å². The van der Waals surface area contributed by atoms with Crippen molar-refractivity contribution in [2.24, 2.45) is 46.3 Å². The summed E-state index contributed by atoms with van der Waals surface area (Å²) in [5, 5.41) is 5.66. The Hall–Kier alpha value is -6.11. The molecule has 3 aliphatic carbocycles. The predicted octanol–water partition coefficient (Wildman–Crippen LogP) is 12.3. The van der Waals surface area contributed by atoms with Gasteiger partial charge in [-0.1, -0.05) is 106 Å². The Labute approximate surface area is 579 Å². The van der Waals surface area contributed by atoms with Gasteiger partial charge in [-0.15, -0.1) is 26.3 Å². The SMILES string of the molecule is CC[C@@H]1[C@@H]2CN(C(=O)[C@H](C(C)(C)C)NC(=O)O[C@@H]3CC4CC4[C@H]3CCCCCc3nc4ccc(OC(F)(F)F)cc4nc3O2)[C@@H]1[C-]=O.CC[C@@H]1[C@@H]2CN(C(=O)[C@H](C(C)(C)C)NC(=O)O[C@]3(C)CCC[C@H]3CCCCCc3nc4ccc(OC(F)(F)F)cc4nc3O2)[C@@H]1[C-]=O.[V].[V]. The fourth-order valence-corrected chi connectivity index (χ4v) is 15.2. The Bertz CT molecular complexity index is 3340. The van der Waals surface area contributed by atoms with E-state index in [0.29, 0.717) is 59.9 Å². The zero-order chi connectivity index (χ0) is 67.8. The van der Waals surface area contributed by atoms with Crippen LogP contribution >= 0.6 is 0 Å². The van der Waals surface area contributed by atoms with Crippen LogP contribution in [-0.4, -0.2) is 140 Å². The molecule has 2 unspecified atom stereocenters. The Balaban J connectivity index is 0.000000241. The van der Waals surface area contributed by atoms with Crippen molar-refractivity contribution in [1.29, 1.82) is 0 Å². The van der Waals surface area contributed by atoms with Gasteiger partial charge < -0.3 is 58.4 Å². The summed E-state index contributed by atoms with van der Waals surface area (Å²) in [7, 11) is 0. The van der Waals surface area contributed by atoms with Gasteiger partial charge in [0.25, 0.3) is 0 Å². The van der Waals surface area contributed by atoms with Crippen molar-refractivity contribution < 1.29 is 121 Å². The van der Waals surface area contributed by atoms with Crippen molar-refractivity contribution in [3.05, 3.63) is 47.8 Å². The van der Waals surface area contributed by atoms with E-state index in [-0.39, 0.29) is 90.9 Å². The van der Waals surface area contributed by atoms with Crippen LogP contribution in [0, 0.1) is 46.3 Å². The standard InChI is InChI=1S/C34H42F3N4O6.C34H44F3N4O6.2V/c1-5-20-26(17-42)41-16-28(20)45-30-24(38-23-12-11-19(15-25(23)39-30)47-34(35,36)37)10-8-6-7-9-21-22-13-18(22)14-27(21)46-32(44)40-29(31(41)43)33(2,3)4;1-6-22-26(19-42)41-18-27(22)45-29-24(38-23-15-14-21(17-25(23)39-29)46-34(35,36)37)13-9-7-8-11-20-12-10-16-33(20,5)47-31(44)40-28(30(41)43)32(2,3)4;;/h11-12,15,18,20-22,26-29H,5-10,13-14,16H2,1-4H3,(H,40,44);14-15,17,20,22,26-28H,6-13,16,18H2,1-5H3,(H,40,44);;/q2*-1;;/t18?,20-,21+,22?,26+,27+,28-,29+;20-,22+,26-,27+,28-,33-;;/m01../s1. The van der Waals surface area contributed by atoms with Crippen LogP contribution in [-0.2, 0) is 78.6 Å². The van der Waals surface area contributed by atoms with Crippen LogP contribution in [0.4, 0.5) is 35.9 Å². The van der Waals surface area contributed by atoms with E-state index in [4.69, 9.17) is 28.9 Å². The summed E-state index contributed by atoms with van der Waals surface area (Å²) >= 11 is 0. The first-order valence-corrected chi connectivity index (χ1v) is 33.2. The number of amides is 4. The van der Waals surface area contributed by atoms with Gasteiger partial charge in [0.2, 0.25) is 23.6 Å². The van der Waals surface area contributed by atoms with Crippen molar-refractivity contribution in [3.63, 3.8) is 0 Å². The Morgan fingerprint density at radius 1 is 0.573 bits per heavy atom. The van der Waals surface area contributed by atoms with Gasteiger partial charge in [-0.2, -0.15) is 0 Å².